The number of hydrogen-bond acceptors (Lipinski definition) is 8. The third-order valence-corrected chi connectivity index (χ3v) is 12.8. The Kier molecular flexibility index (Phi) is 37.3. The Morgan fingerprint density at radius 3 is 0.859 bits per heavy atom. The van der Waals surface area contributed by atoms with Crippen LogP contribution in [0, 0.1) is 218 Å². The Morgan fingerprint density at radius 2 is 0.671 bits per heavy atom. The summed E-state index contributed by atoms with van der Waals surface area (Å²) in [5.74, 6) is 85.6. The Balaban J connectivity index is 0.00000120. The zero-order valence-electron chi connectivity index (χ0n) is 45.1. The Hall–Kier alpha value is -10.4. The van der Waals surface area contributed by atoms with Gasteiger partial charge < -0.3 is 41.8 Å². The highest BCUT2D eigenvalue weighted by Crippen LogP contribution is 2.53. The first-order valence-electron chi connectivity index (χ1n) is 25.4. The third-order valence-electron chi connectivity index (χ3n) is 12.8. The summed E-state index contributed by atoms with van der Waals surface area (Å²) in [7, 11) is 0. The maximum absolute atomic E-state index is 11.9. The normalized spacial score (nSPS) is 15.8. The van der Waals surface area contributed by atoms with Crippen molar-refractivity contribution < 1.29 is 19.1 Å². The monoisotopic (exact) mass is 1140 g/mol. The van der Waals surface area contributed by atoms with Gasteiger partial charge in [-0.25, -0.2) is 9.59 Å². The van der Waals surface area contributed by atoms with E-state index >= 15 is 0 Å². The summed E-state index contributed by atoms with van der Waals surface area (Å²) in [5.41, 5.74) is 21.0. The van der Waals surface area contributed by atoms with E-state index in [9.17, 15) is 9.59 Å². The average molecular weight is 1140 g/mol. The highest BCUT2D eigenvalue weighted by Gasteiger charge is 2.56. The number of amides is 2. The molecule has 85 heavy (non-hydrogen) atoms. The van der Waals surface area contributed by atoms with Crippen LogP contribution in [0.5, 0.6) is 0 Å². The molecule has 6 aliphatic rings. The van der Waals surface area contributed by atoms with Gasteiger partial charge in [0, 0.05) is 163 Å². The number of benzene rings is 2. The summed E-state index contributed by atoms with van der Waals surface area (Å²) in [6, 6.07) is 20.2. The lowest BCUT2D eigenvalue weighted by Crippen LogP contribution is -2.32. The Bertz CT molecular complexity index is 3530. The van der Waals surface area contributed by atoms with E-state index in [2.05, 4.69) is 207 Å². The van der Waals surface area contributed by atoms with Crippen molar-refractivity contribution in [1.29, 1.82) is 0 Å². The van der Waals surface area contributed by atoms with Crippen LogP contribution in [-0.4, -0.2) is 79.4 Å². The van der Waals surface area contributed by atoms with Crippen LogP contribution in [0.15, 0.2) is 60.7 Å². The second-order valence-corrected chi connectivity index (χ2v) is 18.4. The fourth-order valence-corrected chi connectivity index (χ4v) is 7.86. The van der Waals surface area contributed by atoms with Gasteiger partial charge in [0.1, 0.15) is 13.2 Å². The highest BCUT2D eigenvalue weighted by atomic mass is 35.5. The molecule has 2 amide bonds. The maximum atomic E-state index is 11.9. The van der Waals surface area contributed by atoms with Crippen molar-refractivity contribution in [2.24, 2.45) is 33.4 Å². The van der Waals surface area contributed by atoms with Crippen molar-refractivity contribution in [1.82, 2.24) is 15.1 Å². The van der Waals surface area contributed by atoms with Gasteiger partial charge in [-0.2, -0.15) is 0 Å². The van der Waals surface area contributed by atoms with E-state index in [1.807, 2.05) is 60.7 Å². The molecule has 3 spiro atoms. The molecule has 10 nitrogen and oxygen atoms in total. The van der Waals surface area contributed by atoms with Crippen molar-refractivity contribution >= 4 is 24.6 Å². The molecule has 3 aliphatic carbocycles. The minimum atomic E-state index is -0.238. The molecule has 8 rings (SSSR count). The molecular formula is C74H71ClN6O4. The first-order valence-corrected chi connectivity index (χ1v) is 25.4. The molecule has 0 radical (unpaired) electrons. The molecule has 3 heterocycles. The van der Waals surface area contributed by atoms with Crippen molar-refractivity contribution in [2.45, 2.75) is 113 Å². The predicted molar refractivity (Wildman–Crippen MR) is 346 cm³/mol. The van der Waals surface area contributed by atoms with Crippen molar-refractivity contribution in [3.63, 3.8) is 0 Å². The molecule has 3 atom stereocenters. The number of ether oxygens (including phenoxy) is 2. The van der Waals surface area contributed by atoms with E-state index in [1.165, 1.54) is 19.4 Å². The number of hydrogen-bond donors (Lipinski definition) is 4. The van der Waals surface area contributed by atoms with Gasteiger partial charge in [0.25, 0.3) is 0 Å². The predicted octanol–water partition coefficient (Wildman–Crippen LogP) is 7.24. The molecule has 2 aromatic rings. The quantitative estimate of drug-likeness (QED) is 0.235. The van der Waals surface area contributed by atoms with Crippen LogP contribution in [0.2, 0.25) is 0 Å². The third kappa shape index (κ3) is 28.8. The van der Waals surface area contributed by atoms with Crippen molar-refractivity contribution in [2.75, 3.05) is 39.3 Å². The van der Waals surface area contributed by atoms with E-state index in [4.69, 9.17) is 26.7 Å². The highest BCUT2D eigenvalue weighted by molar-refractivity contribution is 5.85. The summed E-state index contributed by atoms with van der Waals surface area (Å²) in [5, 5.41) is 3.30. The molecule has 3 saturated heterocycles. The number of nitrogens with one attached hydrogen (secondary N) is 1. The number of rotatable bonds is 4. The zero-order valence-corrected chi connectivity index (χ0v) is 45.9. The fraction of sp³-hybridized carbons (Fsp3) is 0.351. The standard InChI is InChI=1S/C36H6.2C14H18N2O2.C6H12N2.4CH4.ClH/c1-3-5-7-9-11-13-15-17-19-21-23-25-27-29-31-33-35-36-34-32-30-28-26-24-22-20-18-16-14-12-10-8-6-4-2;2*15-12-8-16(10-14(12)6-7-14)13(17)18-9-11-4-2-1-3-5-11;7-5-3-8-4-6(5)1-2-6;;;;;/h1-2H3;2*1-5,12H,6-10,15H2;5,8H,1-4,7H2;4*1H4;1H. The van der Waals surface area contributed by atoms with Crippen LogP contribution in [0.25, 0.3) is 0 Å². The molecule has 6 fully saturated rings. The lowest BCUT2D eigenvalue weighted by Gasteiger charge is -2.15. The van der Waals surface area contributed by atoms with Gasteiger partial charge in [-0.3, -0.25) is 0 Å². The van der Waals surface area contributed by atoms with Crippen LogP contribution in [0.3, 0.4) is 0 Å². The molecule has 11 heteroatoms. The van der Waals surface area contributed by atoms with Crippen molar-refractivity contribution in [3.8, 4) is 201 Å². The number of halogens is 1. The Labute approximate surface area is 515 Å². The molecule has 3 saturated carbocycles. The molecule has 0 bridgehead atoms. The van der Waals surface area contributed by atoms with Crippen LogP contribution in [0.1, 0.15) is 93.2 Å². The summed E-state index contributed by atoms with van der Waals surface area (Å²) in [6.45, 7) is 9.06. The zero-order chi connectivity index (χ0) is 56.8. The summed E-state index contributed by atoms with van der Waals surface area (Å²) in [6.07, 6.45) is 6.85. The lowest BCUT2D eigenvalue weighted by atomic mass is 10.0. The van der Waals surface area contributed by atoms with E-state index < -0.39 is 0 Å². The minimum absolute atomic E-state index is 0. The minimum Gasteiger partial charge on any atom is -0.445 e. The molecule has 3 unspecified atom stereocenters. The average Bonchev–Trinajstić information content (AvgIpc) is 2.87. The molecule has 7 N–H and O–H groups in total. The van der Waals surface area contributed by atoms with E-state index in [0.29, 0.717) is 37.8 Å². The Morgan fingerprint density at radius 1 is 0.424 bits per heavy atom. The van der Waals surface area contributed by atoms with E-state index in [1.54, 1.807) is 23.6 Å². The van der Waals surface area contributed by atoms with Crippen molar-refractivity contribution in [3.05, 3.63) is 71.8 Å². The van der Waals surface area contributed by atoms with E-state index in [0.717, 1.165) is 56.4 Å². The SMILES string of the molecule is C.C.C.C.CC#CC#CC#CC#CC#CC#CC#CC#CC#CC#CC#CC#CC#CC#CC#CC#CC#CC.Cl.NC1CN(C(=O)OCc2ccccc2)CC12CC2.NC1CN(C(=O)OCc2ccccc2)CC12CC2.NC1CNCC12CC2. The van der Waals surface area contributed by atoms with Gasteiger partial charge in [0.05, 0.1) is 0 Å². The van der Waals surface area contributed by atoms with Gasteiger partial charge in [0.2, 0.25) is 0 Å². The number of nitrogens with zero attached hydrogens (tertiary/aromatic N) is 2. The number of nitrogens with two attached hydrogens (primary N) is 3. The second kappa shape index (κ2) is 42.5. The van der Waals surface area contributed by atoms with Gasteiger partial charge in [-0.15, -0.1) is 12.4 Å². The van der Waals surface area contributed by atoms with Gasteiger partial charge >= 0.3 is 12.2 Å². The molecule has 0 aromatic heterocycles. The van der Waals surface area contributed by atoms with Gasteiger partial charge in [-0.05, 0) is 164 Å². The second-order valence-electron chi connectivity index (χ2n) is 18.4. The number of carbonyl (C=O) groups is 2. The van der Waals surface area contributed by atoms with Crippen LogP contribution < -0.4 is 22.5 Å². The van der Waals surface area contributed by atoms with Gasteiger partial charge in [-0.1, -0.05) is 102 Å². The largest absolute Gasteiger partial charge is 0.445 e. The van der Waals surface area contributed by atoms with Crippen LogP contribution in [-0.2, 0) is 22.7 Å². The maximum Gasteiger partial charge on any atom is 0.410 e. The number of carbonyl (C=O) groups excluding carboxylic acids is 2. The van der Waals surface area contributed by atoms with E-state index in [-0.39, 0.29) is 77.2 Å². The smallest absolute Gasteiger partial charge is 0.410 e. The molecule has 2 aromatic carbocycles. The molecular weight excluding hydrogens is 1070 g/mol. The van der Waals surface area contributed by atoms with Gasteiger partial charge in [0.15, 0.2) is 0 Å². The lowest BCUT2D eigenvalue weighted by molar-refractivity contribution is 0.102. The van der Waals surface area contributed by atoms with Crippen LogP contribution in [0.4, 0.5) is 9.59 Å². The summed E-state index contributed by atoms with van der Waals surface area (Å²) >= 11 is 0. The summed E-state index contributed by atoms with van der Waals surface area (Å²) < 4.78 is 10.6. The molecule has 428 valence electrons. The first-order chi connectivity index (χ1) is 39.1. The topological polar surface area (TPSA) is 149 Å². The fourth-order valence-electron chi connectivity index (χ4n) is 7.86. The summed E-state index contributed by atoms with van der Waals surface area (Å²) in [4.78, 5) is 27.4. The first kappa shape index (κ1) is 74.6. The van der Waals surface area contributed by atoms with Crippen LogP contribution >= 0.6 is 12.4 Å². The molecule has 3 aliphatic heterocycles. The number of likely N-dealkylation sites (tertiary alicyclic amines) is 2.